The summed E-state index contributed by atoms with van der Waals surface area (Å²) in [6.07, 6.45) is 3.26. The third-order valence-electron chi connectivity index (χ3n) is 1.77. The molecule has 0 atom stereocenters. The van der Waals surface area contributed by atoms with Gasteiger partial charge in [-0.1, -0.05) is 27.7 Å². The third-order valence-corrected chi connectivity index (χ3v) is 1.77. The lowest BCUT2D eigenvalue weighted by molar-refractivity contribution is 0.595. The first-order chi connectivity index (χ1) is 6.13. The van der Waals surface area contributed by atoms with E-state index in [1.165, 1.54) is 6.42 Å². The average molecular weight is 181 g/mol. The third kappa shape index (κ3) is 11.5. The highest BCUT2D eigenvalue weighted by Crippen LogP contribution is 2.01. The van der Waals surface area contributed by atoms with Crippen LogP contribution in [0.2, 0.25) is 0 Å². The molecule has 0 heterocycles. The predicted molar refractivity (Wildman–Crippen MR) is 59.6 cm³/mol. The number of nitrogens with one attached hydrogen (secondary N) is 1. The van der Waals surface area contributed by atoms with Crippen molar-refractivity contribution in [1.82, 2.24) is 5.32 Å². The van der Waals surface area contributed by atoms with Gasteiger partial charge in [-0.2, -0.15) is 0 Å². The minimum atomic E-state index is 0.581. The molecule has 0 aromatic rings. The van der Waals surface area contributed by atoms with E-state index in [1.807, 2.05) is 0 Å². The van der Waals surface area contributed by atoms with Gasteiger partial charge in [0, 0.05) is 25.4 Å². The molecule has 0 radical (unpaired) electrons. The predicted octanol–water partition coefficient (Wildman–Crippen LogP) is 2.81. The van der Waals surface area contributed by atoms with Crippen LogP contribution in [0, 0.1) is 17.8 Å². The van der Waals surface area contributed by atoms with Gasteiger partial charge in [-0.25, -0.2) is 0 Å². The molecule has 13 heavy (non-hydrogen) atoms. The average Bonchev–Trinajstić information content (AvgIpc) is 2.01. The molecule has 0 saturated carbocycles. The van der Waals surface area contributed by atoms with Crippen molar-refractivity contribution in [1.29, 1.82) is 0 Å². The summed E-state index contributed by atoms with van der Waals surface area (Å²) in [5.74, 6) is 7.16. The van der Waals surface area contributed by atoms with E-state index in [0.29, 0.717) is 6.04 Å². The quantitative estimate of drug-likeness (QED) is 0.508. The standard InChI is InChI=1S/C12H23N/c1-11(2)9-7-5-6-8-10-13-12(3)4/h11-13H,7-10H2,1-4H3. The molecule has 0 rings (SSSR count). The van der Waals surface area contributed by atoms with Crippen molar-refractivity contribution in [3.05, 3.63) is 0 Å². The van der Waals surface area contributed by atoms with Gasteiger partial charge in [0.05, 0.1) is 0 Å². The van der Waals surface area contributed by atoms with Crippen LogP contribution in [0.3, 0.4) is 0 Å². The Morgan fingerprint density at radius 3 is 2.15 bits per heavy atom. The van der Waals surface area contributed by atoms with Crippen LogP contribution in [-0.2, 0) is 0 Å². The number of rotatable bonds is 5. The monoisotopic (exact) mass is 181 g/mol. The Hall–Kier alpha value is -0.480. The fourth-order valence-corrected chi connectivity index (χ4v) is 0.961. The summed E-state index contributed by atoms with van der Waals surface area (Å²) in [4.78, 5) is 0. The van der Waals surface area contributed by atoms with Crippen LogP contribution >= 0.6 is 0 Å². The van der Waals surface area contributed by atoms with Gasteiger partial charge in [-0.05, 0) is 12.3 Å². The lowest BCUT2D eigenvalue weighted by atomic mass is 10.1. The van der Waals surface area contributed by atoms with Crippen molar-refractivity contribution in [2.45, 2.75) is 53.0 Å². The second-order valence-electron chi connectivity index (χ2n) is 4.14. The van der Waals surface area contributed by atoms with Crippen molar-refractivity contribution in [3.8, 4) is 11.8 Å². The highest BCUT2D eigenvalue weighted by atomic mass is 14.9. The molecular weight excluding hydrogens is 158 g/mol. The summed E-state index contributed by atoms with van der Waals surface area (Å²) < 4.78 is 0. The van der Waals surface area contributed by atoms with Crippen LogP contribution in [0.15, 0.2) is 0 Å². The van der Waals surface area contributed by atoms with E-state index in [9.17, 15) is 0 Å². The lowest BCUT2D eigenvalue weighted by Gasteiger charge is -2.03. The second kappa shape index (κ2) is 8.13. The highest BCUT2D eigenvalue weighted by molar-refractivity contribution is 4.99. The molecule has 0 bridgehead atoms. The maximum absolute atomic E-state index is 3.34. The molecule has 0 aromatic heterocycles. The number of hydrogen-bond acceptors (Lipinski definition) is 1. The highest BCUT2D eigenvalue weighted by Gasteiger charge is 1.90. The Labute approximate surface area is 83.3 Å². The zero-order valence-electron chi connectivity index (χ0n) is 9.48. The molecule has 1 nitrogen and oxygen atoms in total. The Morgan fingerprint density at radius 2 is 1.62 bits per heavy atom. The van der Waals surface area contributed by atoms with E-state index in [2.05, 4.69) is 44.9 Å². The first kappa shape index (κ1) is 12.5. The fourth-order valence-electron chi connectivity index (χ4n) is 0.961. The molecule has 1 heteroatoms. The largest absolute Gasteiger partial charge is 0.314 e. The van der Waals surface area contributed by atoms with E-state index in [-0.39, 0.29) is 0 Å². The summed E-state index contributed by atoms with van der Waals surface area (Å²) >= 11 is 0. The first-order valence-corrected chi connectivity index (χ1v) is 5.32. The van der Waals surface area contributed by atoms with Crippen LogP contribution < -0.4 is 5.32 Å². The minimum absolute atomic E-state index is 0.581. The van der Waals surface area contributed by atoms with Crippen LogP contribution in [0.25, 0.3) is 0 Å². The molecule has 0 spiro atoms. The molecular formula is C12H23N. The molecule has 0 unspecified atom stereocenters. The summed E-state index contributed by atoms with van der Waals surface area (Å²) in [5, 5.41) is 3.34. The van der Waals surface area contributed by atoms with Crippen molar-refractivity contribution in [3.63, 3.8) is 0 Å². The number of hydrogen-bond donors (Lipinski definition) is 1. The molecule has 0 fully saturated rings. The van der Waals surface area contributed by atoms with Gasteiger partial charge in [-0.15, -0.1) is 11.8 Å². The van der Waals surface area contributed by atoms with Gasteiger partial charge in [-0.3, -0.25) is 0 Å². The van der Waals surface area contributed by atoms with E-state index in [0.717, 1.165) is 25.3 Å². The Kier molecular flexibility index (Phi) is 7.83. The van der Waals surface area contributed by atoms with Crippen molar-refractivity contribution >= 4 is 0 Å². The smallest absolute Gasteiger partial charge is 0.0214 e. The maximum atomic E-state index is 3.34. The van der Waals surface area contributed by atoms with Gasteiger partial charge in [0.2, 0.25) is 0 Å². The Bertz CT molecular complexity index is 160. The molecule has 0 amide bonds. The molecule has 0 aliphatic heterocycles. The van der Waals surface area contributed by atoms with Crippen LogP contribution in [0.4, 0.5) is 0 Å². The van der Waals surface area contributed by atoms with Crippen molar-refractivity contribution < 1.29 is 0 Å². The summed E-state index contributed by atoms with van der Waals surface area (Å²) in [5.41, 5.74) is 0. The van der Waals surface area contributed by atoms with Gasteiger partial charge in [0.15, 0.2) is 0 Å². The van der Waals surface area contributed by atoms with Gasteiger partial charge in [0.25, 0.3) is 0 Å². The topological polar surface area (TPSA) is 12.0 Å². The molecule has 0 aliphatic carbocycles. The van der Waals surface area contributed by atoms with E-state index < -0.39 is 0 Å². The Morgan fingerprint density at radius 1 is 1.00 bits per heavy atom. The molecule has 76 valence electrons. The Balaban J connectivity index is 3.20. The normalized spacial score (nSPS) is 10.3. The van der Waals surface area contributed by atoms with Crippen molar-refractivity contribution in [2.75, 3.05) is 6.54 Å². The minimum Gasteiger partial charge on any atom is -0.314 e. The maximum Gasteiger partial charge on any atom is 0.0214 e. The van der Waals surface area contributed by atoms with Crippen LogP contribution in [0.5, 0.6) is 0 Å². The lowest BCUT2D eigenvalue weighted by Crippen LogP contribution is -2.23. The second-order valence-corrected chi connectivity index (χ2v) is 4.14. The first-order valence-electron chi connectivity index (χ1n) is 5.32. The molecule has 1 N–H and O–H groups in total. The fraction of sp³-hybridized carbons (Fsp3) is 0.833. The summed E-state index contributed by atoms with van der Waals surface area (Å²) in [6.45, 7) is 9.81. The van der Waals surface area contributed by atoms with E-state index in [4.69, 9.17) is 0 Å². The SMILES string of the molecule is CC(C)CCC#CCCNC(C)C. The van der Waals surface area contributed by atoms with Crippen molar-refractivity contribution in [2.24, 2.45) is 5.92 Å². The van der Waals surface area contributed by atoms with Gasteiger partial charge < -0.3 is 5.32 Å². The van der Waals surface area contributed by atoms with Gasteiger partial charge >= 0.3 is 0 Å². The van der Waals surface area contributed by atoms with Crippen LogP contribution in [-0.4, -0.2) is 12.6 Å². The zero-order chi connectivity index (χ0) is 10.1. The summed E-state index contributed by atoms with van der Waals surface area (Å²) in [7, 11) is 0. The molecule has 0 aliphatic rings. The van der Waals surface area contributed by atoms with E-state index >= 15 is 0 Å². The van der Waals surface area contributed by atoms with Gasteiger partial charge in [0.1, 0.15) is 0 Å². The van der Waals surface area contributed by atoms with E-state index in [1.54, 1.807) is 0 Å². The van der Waals surface area contributed by atoms with Crippen LogP contribution in [0.1, 0.15) is 47.0 Å². The molecule has 0 aromatic carbocycles. The zero-order valence-corrected chi connectivity index (χ0v) is 9.48. The molecule has 0 saturated heterocycles. The summed E-state index contributed by atoms with van der Waals surface area (Å²) in [6, 6.07) is 0.581.